The minimum absolute atomic E-state index is 0.210. The molecule has 0 bridgehead atoms. The number of ketones is 1. The Morgan fingerprint density at radius 2 is 1.60 bits per heavy atom. The Kier molecular flexibility index (Phi) is 5.93. The molecular weight excluding hydrogens is 425 g/mol. The molecule has 152 valence electrons. The van der Waals surface area contributed by atoms with E-state index in [0.717, 1.165) is 5.56 Å². The number of carbonyl (C=O) groups is 2. The van der Waals surface area contributed by atoms with Gasteiger partial charge in [0, 0.05) is 27.7 Å². The summed E-state index contributed by atoms with van der Waals surface area (Å²) in [6.07, 6.45) is 0. The zero-order valence-corrected chi connectivity index (χ0v) is 17.3. The molecule has 0 saturated heterocycles. The van der Waals surface area contributed by atoms with E-state index in [1.54, 1.807) is 60.7 Å². The lowest BCUT2D eigenvalue weighted by atomic mass is 9.97. The van der Waals surface area contributed by atoms with Crippen LogP contribution in [0.15, 0.2) is 60.7 Å². The molecule has 7 heteroatoms. The van der Waals surface area contributed by atoms with Gasteiger partial charge in [0.2, 0.25) is 0 Å². The number of carbonyl (C=O) groups excluding carboxylic acids is 2. The second-order valence-electron chi connectivity index (χ2n) is 6.65. The molecule has 0 unspecified atom stereocenters. The third-order valence-corrected chi connectivity index (χ3v) is 5.26. The van der Waals surface area contributed by atoms with E-state index in [1.165, 1.54) is 0 Å². The Morgan fingerprint density at radius 3 is 2.37 bits per heavy atom. The maximum absolute atomic E-state index is 13.1. The summed E-state index contributed by atoms with van der Waals surface area (Å²) in [5.74, 6) is 0.472. The Hall–Kier alpha value is -3.02. The standard InChI is InChI=1S/C23H17Cl2NO4/c24-16-7-5-15(19(25)12-16)13-26-23(28)18-4-2-1-3-17(18)22(27)14-6-8-20-21(11-14)30-10-9-29-20/h1-8,11-12H,9-10,13H2,(H,26,28). The van der Waals surface area contributed by atoms with Gasteiger partial charge in [0.1, 0.15) is 13.2 Å². The molecule has 1 aliphatic heterocycles. The van der Waals surface area contributed by atoms with E-state index in [2.05, 4.69) is 5.32 Å². The van der Waals surface area contributed by atoms with Crippen LogP contribution in [0.3, 0.4) is 0 Å². The van der Waals surface area contributed by atoms with Gasteiger partial charge in [0.15, 0.2) is 17.3 Å². The third kappa shape index (κ3) is 4.27. The number of amides is 1. The summed E-state index contributed by atoms with van der Waals surface area (Å²) in [6, 6.07) is 16.7. The quantitative estimate of drug-likeness (QED) is 0.570. The van der Waals surface area contributed by atoms with Crippen molar-refractivity contribution in [3.05, 3.63) is 93.0 Å². The topological polar surface area (TPSA) is 64.6 Å². The number of hydrogen-bond acceptors (Lipinski definition) is 4. The van der Waals surface area contributed by atoms with Crippen molar-refractivity contribution in [3.63, 3.8) is 0 Å². The highest BCUT2D eigenvalue weighted by Crippen LogP contribution is 2.31. The lowest BCUT2D eigenvalue weighted by Crippen LogP contribution is -2.25. The molecular formula is C23H17Cl2NO4. The van der Waals surface area contributed by atoms with Gasteiger partial charge in [-0.05, 0) is 42.0 Å². The molecule has 5 nitrogen and oxygen atoms in total. The van der Waals surface area contributed by atoms with Crippen LogP contribution in [-0.2, 0) is 6.54 Å². The first-order valence-corrected chi connectivity index (χ1v) is 10.0. The minimum atomic E-state index is -0.373. The molecule has 0 fully saturated rings. The van der Waals surface area contributed by atoms with Crippen LogP contribution in [0.25, 0.3) is 0 Å². The van der Waals surface area contributed by atoms with Gasteiger partial charge in [-0.3, -0.25) is 9.59 Å². The number of fused-ring (bicyclic) bond motifs is 1. The fourth-order valence-corrected chi connectivity index (χ4v) is 3.63. The van der Waals surface area contributed by atoms with Gasteiger partial charge >= 0.3 is 0 Å². The van der Waals surface area contributed by atoms with Crippen molar-refractivity contribution in [2.45, 2.75) is 6.54 Å². The molecule has 30 heavy (non-hydrogen) atoms. The fourth-order valence-electron chi connectivity index (χ4n) is 3.15. The Balaban J connectivity index is 1.56. The van der Waals surface area contributed by atoms with Crippen LogP contribution < -0.4 is 14.8 Å². The molecule has 0 aromatic heterocycles. The Labute approximate surface area is 183 Å². The number of hydrogen-bond donors (Lipinski definition) is 1. The Bertz CT molecular complexity index is 1130. The second kappa shape index (κ2) is 8.78. The zero-order valence-electron chi connectivity index (χ0n) is 15.8. The number of rotatable bonds is 5. The van der Waals surface area contributed by atoms with Crippen LogP contribution in [0.4, 0.5) is 0 Å². The highest BCUT2D eigenvalue weighted by Gasteiger charge is 2.20. The normalized spacial score (nSPS) is 12.3. The molecule has 0 radical (unpaired) electrons. The van der Waals surface area contributed by atoms with Crippen molar-refractivity contribution in [1.82, 2.24) is 5.32 Å². The molecule has 0 spiro atoms. The summed E-state index contributed by atoms with van der Waals surface area (Å²) in [5, 5.41) is 3.79. The van der Waals surface area contributed by atoms with Crippen LogP contribution in [0.2, 0.25) is 10.0 Å². The van der Waals surface area contributed by atoms with Crippen LogP contribution in [0.5, 0.6) is 11.5 Å². The van der Waals surface area contributed by atoms with Gasteiger partial charge in [-0.1, -0.05) is 47.5 Å². The highest BCUT2D eigenvalue weighted by molar-refractivity contribution is 6.35. The lowest BCUT2D eigenvalue weighted by molar-refractivity contribution is 0.0939. The van der Waals surface area contributed by atoms with E-state index in [0.29, 0.717) is 45.9 Å². The molecule has 1 heterocycles. The summed E-state index contributed by atoms with van der Waals surface area (Å²) in [4.78, 5) is 25.9. The number of benzene rings is 3. The van der Waals surface area contributed by atoms with Crippen LogP contribution in [0.1, 0.15) is 31.8 Å². The maximum atomic E-state index is 13.1. The predicted octanol–water partition coefficient (Wildman–Crippen LogP) is 4.93. The van der Waals surface area contributed by atoms with Gasteiger partial charge in [-0.15, -0.1) is 0 Å². The SMILES string of the molecule is O=C(NCc1ccc(Cl)cc1Cl)c1ccccc1C(=O)c1ccc2c(c1)OCCO2. The third-order valence-electron chi connectivity index (χ3n) is 4.68. The molecule has 0 saturated carbocycles. The largest absolute Gasteiger partial charge is 0.486 e. The number of ether oxygens (including phenoxy) is 2. The average Bonchev–Trinajstić information content (AvgIpc) is 2.77. The van der Waals surface area contributed by atoms with Crippen molar-refractivity contribution in [1.29, 1.82) is 0 Å². The van der Waals surface area contributed by atoms with Gasteiger partial charge < -0.3 is 14.8 Å². The summed E-state index contributed by atoms with van der Waals surface area (Å²) >= 11 is 12.1. The van der Waals surface area contributed by atoms with E-state index in [1.807, 2.05) is 0 Å². The second-order valence-corrected chi connectivity index (χ2v) is 7.50. The number of nitrogens with one attached hydrogen (secondary N) is 1. The van der Waals surface area contributed by atoms with Gasteiger partial charge in [-0.2, -0.15) is 0 Å². The first-order valence-electron chi connectivity index (χ1n) is 9.28. The summed E-state index contributed by atoms with van der Waals surface area (Å²) in [5.41, 5.74) is 1.72. The Morgan fingerprint density at radius 1 is 0.867 bits per heavy atom. The van der Waals surface area contributed by atoms with E-state index in [4.69, 9.17) is 32.7 Å². The highest BCUT2D eigenvalue weighted by atomic mass is 35.5. The van der Waals surface area contributed by atoms with Gasteiger partial charge in [0.05, 0.1) is 5.56 Å². The molecule has 3 aromatic carbocycles. The smallest absolute Gasteiger partial charge is 0.252 e. The van der Waals surface area contributed by atoms with E-state index < -0.39 is 0 Å². The molecule has 1 aliphatic rings. The monoisotopic (exact) mass is 441 g/mol. The maximum Gasteiger partial charge on any atom is 0.252 e. The fraction of sp³-hybridized carbons (Fsp3) is 0.130. The first kappa shape index (κ1) is 20.3. The predicted molar refractivity (Wildman–Crippen MR) is 115 cm³/mol. The van der Waals surface area contributed by atoms with E-state index in [-0.39, 0.29) is 23.8 Å². The average molecular weight is 442 g/mol. The zero-order chi connectivity index (χ0) is 21.1. The molecule has 0 atom stereocenters. The summed E-state index contributed by atoms with van der Waals surface area (Å²) < 4.78 is 11.1. The number of halogens is 2. The molecule has 4 rings (SSSR count). The summed E-state index contributed by atoms with van der Waals surface area (Å²) in [7, 11) is 0. The van der Waals surface area contributed by atoms with Crippen molar-refractivity contribution in [2.24, 2.45) is 0 Å². The van der Waals surface area contributed by atoms with Crippen LogP contribution in [-0.4, -0.2) is 24.9 Å². The van der Waals surface area contributed by atoms with Crippen molar-refractivity contribution >= 4 is 34.9 Å². The summed E-state index contributed by atoms with van der Waals surface area (Å²) in [6.45, 7) is 1.11. The molecule has 3 aromatic rings. The molecule has 1 N–H and O–H groups in total. The van der Waals surface area contributed by atoms with Crippen LogP contribution in [0, 0.1) is 0 Å². The van der Waals surface area contributed by atoms with Gasteiger partial charge in [0.25, 0.3) is 5.91 Å². The molecule has 0 aliphatic carbocycles. The van der Waals surface area contributed by atoms with Crippen LogP contribution >= 0.6 is 23.2 Å². The van der Waals surface area contributed by atoms with Gasteiger partial charge in [-0.25, -0.2) is 0 Å². The molecule has 1 amide bonds. The van der Waals surface area contributed by atoms with Crippen molar-refractivity contribution in [2.75, 3.05) is 13.2 Å². The lowest BCUT2D eigenvalue weighted by Gasteiger charge is -2.18. The van der Waals surface area contributed by atoms with E-state index >= 15 is 0 Å². The van der Waals surface area contributed by atoms with E-state index in [9.17, 15) is 9.59 Å². The van der Waals surface area contributed by atoms with Crippen molar-refractivity contribution < 1.29 is 19.1 Å². The van der Waals surface area contributed by atoms with Crippen molar-refractivity contribution in [3.8, 4) is 11.5 Å². The minimum Gasteiger partial charge on any atom is -0.486 e. The first-order chi connectivity index (χ1) is 14.5.